The van der Waals surface area contributed by atoms with Crippen molar-refractivity contribution in [2.24, 2.45) is 0 Å². The van der Waals surface area contributed by atoms with Crippen LogP contribution in [-0.4, -0.2) is 39.4 Å². The molecule has 3 aromatic heterocycles. The van der Waals surface area contributed by atoms with Crippen LogP contribution in [0.15, 0.2) is 45.9 Å². The van der Waals surface area contributed by atoms with Gasteiger partial charge in [0.25, 0.3) is 0 Å². The third-order valence-corrected chi connectivity index (χ3v) is 6.80. The maximum atomic E-state index is 13.2. The van der Waals surface area contributed by atoms with Gasteiger partial charge in [-0.1, -0.05) is 28.9 Å². The Morgan fingerprint density at radius 2 is 1.83 bits per heavy atom. The maximum Gasteiger partial charge on any atom is 0.417 e. The molecule has 0 saturated heterocycles. The molecule has 0 saturated carbocycles. The van der Waals surface area contributed by atoms with Crippen LogP contribution in [0.1, 0.15) is 38.8 Å². The molecule has 36 heavy (non-hydrogen) atoms. The average molecular weight is 582 g/mol. The van der Waals surface area contributed by atoms with Gasteiger partial charge in [-0.25, -0.2) is 4.98 Å². The molecule has 4 rings (SSSR count). The van der Waals surface area contributed by atoms with Gasteiger partial charge in [-0.05, 0) is 57.7 Å². The average Bonchev–Trinajstić information content (AvgIpc) is 3.09. The van der Waals surface area contributed by atoms with E-state index in [-0.39, 0.29) is 11.1 Å². The van der Waals surface area contributed by atoms with Crippen LogP contribution in [0.25, 0.3) is 33.3 Å². The Labute approximate surface area is 220 Å². The molecule has 192 valence electrons. The van der Waals surface area contributed by atoms with E-state index < -0.39 is 11.7 Å². The van der Waals surface area contributed by atoms with Gasteiger partial charge in [0.05, 0.1) is 33.4 Å². The van der Waals surface area contributed by atoms with E-state index in [2.05, 4.69) is 20.9 Å². The summed E-state index contributed by atoms with van der Waals surface area (Å²) in [7, 11) is 1.71. The molecule has 0 bridgehead atoms. The summed E-state index contributed by atoms with van der Waals surface area (Å²) in [5.41, 5.74) is 1.90. The summed E-state index contributed by atoms with van der Waals surface area (Å²) in [5.74, 6) is 0.771. The predicted octanol–water partition coefficient (Wildman–Crippen LogP) is 7.92. The van der Waals surface area contributed by atoms with Crippen molar-refractivity contribution < 1.29 is 22.7 Å². The van der Waals surface area contributed by atoms with Crippen LogP contribution in [0, 0.1) is 6.92 Å². The van der Waals surface area contributed by atoms with Crippen molar-refractivity contribution in [1.29, 1.82) is 0 Å². The Hall–Kier alpha value is -2.43. The van der Waals surface area contributed by atoms with Gasteiger partial charge >= 0.3 is 6.18 Å². The van der Waals surface area contributed by atoms with Crippen LogP contribution in [-0.2, 0) is 15.7 Å². The Kier molecular flexibility index (Phi) is 8.52. The molecule has 10 heteroatoms. The molecule has 0 atom stereocenters. The molecule has 0 amide bonds. The lowest BCUT2D eigenvalue weighted by atomic mass is 10.1. The molecule has 0 N–H and O–H groups in total. The Morgan fingerprint density at radius 1 is 1.17 bits per heavy atom. The fraction of sp³-hybridized carbons (Fsp3) is 0.346. The number of thioether (sulfide) groups is 1. The molecule has 0 aliphatic heterocycles. The van der Waals surface area contributed by atoms with Crippen LogP contribution >= 0.6 is 27.7 Å². The third kappa shape index (κ3) is 6.10. The van der Waals surface area contributed by atoms with E-state index in [0.717, 1.165) is 32.8 Å². The largest absolute Gasteiger partial charge is 0.417 e. The molecule has 0 unspecified atom stereocenters. The van der Waals surface area contributed by atoms with Gasteiger partial charge in [0.2, 0.25) is 6.41 Å². The number of carbonyl (C=O) groups is 1. The maximum absolute atomic E-state index is 13.2. The van der Waals surface area contributed by atoms with Crippen molar-refractivity contribution in [3.8, 4) is 11.4 Å². The molecule has 4 aromatic rings. The zero-order valence-corrected chi connectivity index (χ0v) is 23.2. The summed E-state index contributed by atoms with van der Waals surface area (Å²) < 4.78 is 46.6. The number of aryl methyl sites for hydroxylation is 1. The summed E-state index contributed by atoms with van der Waals surface area (Å²) in [4.78, 5) is 21.6. The van der Waals surface area contributed by atoms with Crippen molar-refractivity contribution in [1.82, 2.24) is 14.5 Å². The first-order chi connectivity index (χ1) is 16.8. The molecule has 5 nitrogen and oxygen atoms in total. The van der Waals surface area contributed by atoms with Gasteiger partial charge in [-0.15, -0.1) is 11.8 Å². The van der Waals surface area contributed by atoms with E-state index in [0.29, 0.717) is 34.4 Å². The molecule has 0 aliphatic rings. The zero-order chi connectivity index (χ0) is 26.8. The first-order valence-corrected chi connectivity index (χ1v) is 12.9. The van der Waals surface area contributed by atoms with E-state index in [1.54, 1.807) is 25.8 Å². The highest BCUT2D eigenvalue weighted by Crippen LogP contribution is 2.39. The summed E-state index contributed by atoms with van der Waals surface area (Å²) >= 11 is 4.99. The smallest absolute Gasteiger partial charge is 0.379 e. The number of hydrogen-bond acceptors (Lipinski definition) is 5. The van der Waals surface area contributed by atoms with Gasteiger partial charge in [0.1, 0.15) is 5.69 Å². The minimum absolute atomic E-state index is 0.0417. The van der Waals surface area contributed by atoms with Crippen molar-refractivity contribution >= 4 is 56.0 Å². The van der Waals surface area contributed by atoms with Crippen LogP contribution in [0.3, 0.4) is 0 Å². The Morgan fingerprint density at radius 3 is 2.39 bits per heavy atom. The number of fused-ring (bicyclic) bond motifs is 2. The van der Waals surface area contributed by atoms with E-state index in [1.165, 1.54) is 4.57 Å². The lowest BCUT2D eigenvalue weighted by Gasteiger charge is -2.14. The van der Waals surface area contributed by atoms with E-state index in [1.807, 2.05) is 52.0 Å². The molecular formula is C26H27BrF3N3O2S. The molecule has 0 radical (unpaired) electrons. The monoisotopic (exact) mass is 581 g/mol. The predicted molar refractivity (Wildman–Crippen MR) is 143 cm³/mol. The van der Waals surface area contributed by atoms with Crippen LogP contribution in [0.2, 0.25) is 0 Å². The quantitative estimate of drug-likeness (QED) is 0.181. The number of hydrogen-bond donors (Lipinski definition) is 0. The summed E-state index contributed by atoms with van der Waals surface area (Å²) in [6.45, 7) is 9.80. The number of pyridine rings is 2. The second-order valence-electron chi connectivity index (χ2n) is 8.96. The second kappa shape index (κ2) is 10.9. The number of alkyl halides is 3. The highest BCUT2D eigenvalue weighted by Gasteiger charge is 2.32. The highest BCUT2D eigenvalue weighted by molar-refractivity contribution is 9.10. The van der Waals surface area contributed by atoms with Crippen molar-refractivity contribution in [2.75, 3.05) is 12.9 Å². The number of halogens is 4. The van der Waals surface area contributed by atoms with E-state index in [9.17, 15) is 18.0 Å². The first kappa shape index (κ1) is 28.1. The van der Waals surface area contributed by atoms with Gasteiger partial charge in [0.15, 0.2) is 0 Å². The lowest BCUT2D eigenvalue weighted by Crippen LogP contribution is -2.15. The van der Waals surface area contributed by atoms with E-state index in [4.69, 9.17) is 9.72 Å². The van der Waals surface area contributed by atoms with Crippen LogP contribution < -0.4 is 0 Å². The normalized spacial score (nSPS) is 12.1. The summed E-state index contributed by atoms with van der Waals surface area (Å²) in [6.07, 6.45) is -3.25. The van der Waals surface area contributed by atoms with Gasteiger partial charge in [-0.3, -0.25) is 14.3 Å². The molecule has 1 aromatic carbocycles. The fourth-order valence-electron chi connectivity index (χ4n) is 3.45. The Balaban J connectivity index is 0.000000538. The first-order valence-electron chi connectivity index (χ1n) is 11.1. The number of benzene rings is 1. The SMILES string of the molecule is CCSc1cc2ccc(Br)cc2nc1-c1c(C)c2ncc(C(F)(F)F)cc2n1C=O.COC(C)(C)C. The molecule has 0 aliphatic carbocycles. The second-order valence-corrected chi connectivity index (χ2v) is 11.2. The zero-order valence-electron chi connectivity index (χ0n) is 20.8. The highest BCUT2D eigenvalue weighted by atomic mass is 79.9. The standard InChI is InChI=1S/C21H15BrF3N3OS.C5H12O/c1-3-30-17-6-12-4-5-14(22)8-15(12)27-19(17)20-11(2)18-16(28(20)10-29)7-13(9-26-18)21(23,24)25;1-5(2,3)6-4/h4-10H,3H2,1-2H3;1-4H3. The van der Waals surface area contributed by atoms with E-state index >= 15 is 0 Å². The van der Waals surface area contributed by atoms with Crippen molar-refractivity contribution in [3.63, 3.8) is 0 Å². The van der Waals surface area contributed by atoms with Crippen molar-refractivity contribution in [3.05, 3.63) is 52.1 Å². The topological polar surface area (TPSA) is 57.0 Å². The lowest BCUT2D eigenvalue weighted by molar-refractivity contribution is -0.137. The molecule has 0 spiro atoms. The number of ether oxygens (including phenoxy) is 1. The number of carbonyl (C=O) groups excluding carboxylic acids is 1. The van der Waals surface area contributed by atoms with Gasteiger partial charge in [0, 0.05) is 33.6 Å². The number of rotatable bonds is 4. The van der Waals surface area contributed by atoms with Gasteiger partial charge in [-0.2, -0.15) is 13.2 Å². The van der Waals surface area contributed by atoms with Gasteiger partial charge < -0.3 is 4.74 Å². The Bertz CT molecular complexity index is 1410. The molecule has 3 heterocycles. The number of aromatic nitrogens is 3. The third-order valence-electron chi connectivity index (χ3n) is 5.39. The fourth-order valence-corrected chi connectivity index (χ4v) is 4.60. The molecule has 0 fully saturated rings. The minimum atomic E-state index is -4.55. The number of nitrogens with zero attached hydrogens (tertiary/aromatic N) is 3. The number of methoxy groups -OCH3 is 1. The van der Waals surface area contributed by atoms with Crippen molar-refractivity contribution in [2.45, 2.75) is 51.3 Å². The molecular weight excluding hydrogens is 555 g/mol. The summed E-state index contributed by atoms with van der Waals surface area (Å²) in [6, 6.07) is 8.66. The summed E-state index contributed by atoms with van der Waals surface area (Å²) in [5, 5.41) is 0.932. The van der Waals surface area contributed by atoms with Crippen LogP contribution in [0.4, 0.5) is 13.2 Å². The minimum Gasteiger partial charge on any atom is -0.379 e. The van der Waals surface area contributed by atoms with Crippen LogP contribution in [0.5, 0.6) is 0 Å².